The zero-order chi connectivity index (χ0) is 18.8. The van der Waals surface area contributed by atoms with E-state index in [1.165, 1.54) is 4.90 Å². The van der Waals surface area contributed by atoms with E-state index in [2.05, 4.69) is 10.2 Å². The van der Waals surface area contributed by atoms with Crippen LogP contribution in [0.3, 0.4) is 0 Å². The van der Waals surface area contributed by atoms with Crippen LogP contribution in [0.15, 0.2) is 4.79 Å². The molecule has 1 N–H and O–H groups in total. The van der Waals surface area contributed by atoms with E-state index in [9.17, 15) is 22.8 Å². The first-order chi connectivity index (χ1) is 11.6. The molecule has 1 unspecified atom stereocenters. The summed E-state index contributed by atoms with van der Waals surface area (Å²) in [4.78, 5) is 27.5. The Morgan fingerprint density at radius 1 is 1.40 bits per heavy atom. The third kappa shape index (κ3) is 4.81. The summed E-state index contributed by atoms with van der Waals surface area (Å²) in [7, 11) is 0. The molecule has 1 aromatic rings. The summed E-state index contributed by atoms with van der Waals surface area (Å²) < 4.78 is 37.7. The Bertz CT molecular complexity index is 687. The van der Waals surface area contributed by atoms with Crippen molar-refractivity contribution in [1.29, 1.82) is 0 Å². The smallest absolute Gasteiger partial charge is 0.338 e. The molecule has 0 bridgehead atoms. The van der Waals surface area contributed by atoms with E-state index in [4.69, 9.17) is 0 Å². The molecular formula is C16H23F3N4O2. The Balaban J connectivity index is 2.04. The van der Waals surface area contributed by atoms with Crippen LogP contribution in [0.25, 0.3) is 0 Å². The van der Waals surface area contributed by atoms with Crippen molar-refractivity contribution >= 4 is 5.91 Å². The normalized spacial score (nSPS) is 18.2. The van der Waals surface area contributed by atoms with Crippen molar-refractivity contribution < 1.29 is 18.0 Å². The van der Waals surface area contributed by atoms with Gasteiger partial charge in [-0.15, -0.1) is 0 Å². The van der Waals surface area contributed by atoms with E-state index in [0.717, 1.165) is 0 Å². The number of rotatable bonds is 5. The number of aromatic amines is 1. The molecule has 1 amide bonds. The number of amides is 1. The molecule has 140 valence electrons. The molecule has 1 aliphatic rings. The van der Waals surface area contributed by atoms with Crippen LogP contribution in [0.4, 0.5) is 13.2 Å². The third-order valence-corrected chi connectivity index (χ3v) is 4.62. The van der Waals surface area contributed by atoms with Gasteiger partial charge in [-0.1, -0.05) is 6.92 Å². The minimum absolute atomic E-state index is 0.0337. The summed E-state index contributed by atoms with van der Waals surface area (Å²) in [5.41, 5.74) is 0.630. The predicted molar refractivity (Wildman–Crippen MR) is 86.5 cm³/mol. The molecule has 0 spiro atoms. The number of halogens is 3. The summed E-state index contributed by atoms with van der Waals surface area (Å²) >= 11 is 0. The Labute approximate surface area is 144 Å². The van der Waals surface area contributed by atoms with Gasteiger partial charge < -0.3 is 4.90 Å². The van der Waals surface area contributed by atoms with Gasteiger partial charge in [0.1, 0.15) is 5.56 Å². The second kappa shape index (κ2) is 7.55. The maximum absolute atomic E-state index is 12.7. The molecule has 1 fully saturated rings. The molecule has 0 aromatic carbocycles. The fourth-order valence-electron chi connectivity index (χ4n) is 3.13. The number of alkyl halides is 3. The van der Waals surface area contributed by atoms with Gasteiger partial charge >= 0.3 is 6.18 Å². The summed E-state index contributed by atoms with van der Waals surface area (Å²) in [5.74, 6) is -0.417. The lowest BCUT2D eigenvalue weighted by Gasteiger charge is -2.25. The van der Waals surface area contributed by atoms with Crippen LogP contribution < -0.4 is 5.56 Å². The topological polar surface area (TPSA) is 69.3 Å². The van der Waals surface area contributed by atoms with Crippen LogP contribution in [-0.4, -0.2) is 64.8 Å². The molecule has 0 radical (unpaired) electrons. The molecule has 1 aromatic heterocycles. The molecule has 6 nitrogen and oxygen atoms in total. The largest absolute Gasteiger partial charge is 0.401 e. The molecule has 1 saturated heterocycles. The highest BCUT2D eigenvalue weighted by Gasteiger charge is 2.34. The highest BCUT2D eigenvalue weighted by atomic mass is 19.4. The Hall–Kier alpha value is -1.90. The average Bonchev–Trinajstić information content (AvgIpc) is 2.97. The first-order valence-corrected chi connectivity index (χ1v) is 8.26. The Kier molecular flexibility index (Phi) is 5.87. The zero-order valence-corrected chi connectivity index (χ0v) is 14.6. The number of hydrogen-bond donors (Lipinski definition) is 1. The minimum atomic E-state index is -4.23. The lowest BCUT2D eigenvalue weighted by molar-refractivity contribution is -0.146. The van der Waals surface area contributed by atoms with E-state index < -0.39 is 18.3 Å². The summed E-state index contributed by atoms with van der Waals surface area (Å²) in [6.45, 7) is 5.48. The highest BCUT2D eigenvalue weighted by molar-refractivity contribution is 5.95. The fraction of sp³-hybridized carbons (Fsp3) is 0.688. The average molecular weight is 360 g/mol. The fourth-order valence-corrected chi connectivity index (χ4v) is 3.13. The lowest BCUT2D eigenvalue weighted by Crippen LogP contribution is -2.39. The van der Waals surface area contributed by atoms with Crippen LogP contribution >= 0.6 is 0 Å². The van der Waals surface area contributed by atoms with Crippen molar-refractivity contribution in [2.24, 2.45) is 5.92 Å². The standard InChI is InChI=1S/C16H23F3N4O2/c1-4-22(9-16(17,18)19)7-12-5-6-23(8-12)15(25)13-10(2)11(3)20-21-14(13)24/h12H,4-9H2,1-3H3,(H,21,24). The Morgan fingerprint density at radius 2 is 2.08 bits per heavy atom. The van der Waals surface area contributed by atoms with Crippen molar-refractivity contribution in [3.8, 4) is 0 Å². The molecule has 2 heterocycles. The van der Waals surface area contributed by atoms with Gasteiger partial charge in [0, 0.05) is 19.6 Å². The van der Waals surface area contributed by atoms with Gasteiger partial charge in [-0.05, 0) is 38.3 Å². The number of H-pyrrole nitrogens is 1. The van der Waals surface area contributed by atoms with Crippen LogP contribution in [-0.2, 0) is 0 Å². The van der Waals surface area contributed by atoms with Gasteiger partial charge in [-0.25, -0.2) is 5.10 Å². The molecule has 2 rings (SSSR count). The maximum Gasteiger partial charge on any atom is 0.401 e. The van der Waals surface area contributed by atoms with Crippen molar-refractivity contribution in [1.82, 2.24) is 20.0 Å². The van der Waals surface area contributed by atoms with E-state index in [1.54, 1.807) is 25.7 Å². The van der Waals surface area contributed by atoms with Gasteiger partial charge in [0.05, 0.1) is 12.2 Å². The van der Waals surface area contributed by atoms with Gasteiger partial charge in [0.15, 0.2) is 0 Å². The number of carbonyl (C=O) groups excluding carboxylic acids is 1. The van der Waals surface area contributed by atoms with Crippen LogP contribution in [0, 0.1) is 19.8 Å². The highest BCUT2D eigenvalue weighted by Crippen LogP contribution is 2.22. The Morgan fingerprint density at radius 3 is 2.68 bits per heavy atom. The van der Waals surface area contributed by atoms with Gasteiger partial charge in [-0.2, -0.15) is 18.3 Å². The van der Waals surface area contributed by atoms with Crippen molar-refractivity contribution in [2.45, 2.75) is 33.4 Å². The van der Waals surface area contributed by atoms with E-state index in [-0.39, 0.29) is 23.9 Å². The van der Waals surface area contributed by atoms with Crippen molar-refractivity contribution in [3.05, 3.63) is 27.2 Å². The van der Waals surface area contributed by atoms with E-state index in [1.807, 2.05) is 0 Å². The number of carbonyl (C=O) groups is 1. The molecule has 9 heteroatoms. The molecule has 0 saturated carbocycles. The van der Waals surface area contributed by atoms with Gasteiger partial charge in [0.25, 0.3) is 11.5 Å². The molecule has 0 aliphatic carbocycles. The van der Waals surface area contributed by atoms with Gasteiger partial charge in [0.2, 0.25) is 0 Å². The molecule has 1 atom stereocenters. The first kappa shape index (κ1) is 19.4. The second-order valence-corrected chi connectivity index (χ2v) is 6.49. The van der Waals surface area contributed by atoms with Crippen LogP contribution in [0.2, 0.25) is 0 Å². The first-order valence-electron chi connectivity index (χ1n) is 8.26. The van der Waals surface area contributed by atoms with Crippen molar-refractivity contribution in [3.63, 3.8) is 0 Å². The lowest BCUT2D eigenvalue weighted by atomic mass is 10.1. The SMILES string of the molecule is CCN(CC1CCN(C(=O)c2c(C)c(C)n[nH]c2=O)C1)CC(F)(F)F. The molecule has 1 aliphatic heterocycles. The quantitative estimate of drug-likeness (QED) is 0.868. The second-order valence-electron chi connectivity index (χ2n) is 6.49. The van der Waals surface area contributed by atoms with Crippen LogP contribution in [0.1, 0.15) is 35.0 Å². The number of nitrogens with one attached hydrogen (secondary N) is 1. The van der Waals surface area contributed by atoms with Crippen molar-refractivity contribution in [2.75, 3.05) is 32.7 Å². The monoisotopic (exact) mass is 360 g/mol. The van der Waals surface area contributed by atoms with E-state index >= 15 is 0 Å². The summed E-state index contributed by atoms with van der Waals surface area (Å²) in [6, 6.07) is 0. The van der Waals surface area contributed by atoms with E-state index in [0.29, 0.717) is 37.3 Å². The number of aryl methyl sites for hydroxylation is 1. The summed E-state index contributed by atoms with van der Waals surface area (Å²) in [6.07, 6.45) is -3.61. The number of aromatic nitrogens is 2. The minimum Gasteiger partial charge on any atom is -0.338 e. The van der Waals surface area contributed by atoms with Gasteiger partial charge in [-0.3, -0.25) is 14.5 Å². The van der Waals surface area contributed by atoms with Crippen LogP contribution in [0.5, 0.6) is 0 Å². The molecule has 25 heavy (non-hydrogen) atoms. The number of hydrogen-bond acceptors (Lipinski definition) is 4. The number of nitrogens with zero attached hydrogens (tertiary/aromatic N) is 3. The maximum atomic E-state index is 12.7. The number of likely N-dealkylation sites (tertiary alicyclic amines) is 1. The third-order valence-electron chi connectivity index (χ3n) is 4.62. The zero-order valence-electron chi connectivity index (χ0n) is 14.6. The summed E-state index contributed by atoms with van der Waals surface area (Å²) in [5, 5.41) is 6.13. The molecular weight excluding hydrogens is 337 g/mol. The predicted octanol–water partition coefficient (Wildman–Crippen LogP) is 1.73.